The summed E-state index contributed by atoms with van der Waals surface area (Å²) < 4.78 is 0. The number of amides is 1. The van der Waals surface area contributed by atoms with Gasteiger partial charge in [0, 0.05) is 35.6 Å². The molecule has 46 heavy (non-hydrogen) atoms. The molecule has 5 saturated carbocycles. The van der Waals surface area contributed by atoms with Crippen LogP contribution in [0.4, 0.5) is 0 Å². The molecule has 7 nitrogen and oxygen atoms in total. The van der Waals surface area contributed by atoms with Crippen LogP contribution in [0, 0.1) is 45.8 Å². The number of nitrogens with zero attached hydrogens (tertiary/aromatic N) is 1. The topological polar surface area (TPSA) is 118 Å². The fourth-order valence-corrected chi connectivity index (χ4v) is 13.7. The molecule has 0 bridgehead atoms. The van der Waals surface area contributed by atoms with E-state index in [2.05, 4.69) is 76.4 Å². The summed E-state index contributed by atoms with van der Waals surface area (Å²) in [6.07, 6.45) is 10.9. The molecule has 254 valence electrons. The second-order valence-corrected chi connectivity index (χ2v) is 18.1. The van der Waals surface area contributed by atoms with Gasteiger partial charge in [0.1, 0.15) is 0 Å². The maximum absolute atomic E-state index is 14.2. The van der Waals surface area contributed by atoms with E-state index in [0.717, 1.165) is 64.3 Å². The smallest absolute Gasteiger partial charge is 0.335 e. The van der Waals surface area contributed by atoms with E-state index in [1.807, 2.05) is 0 Å². The van der Waals surface area contributed by atoms with E-state index >= 15 is 0 Å². The Morgan fingerprint density at radius 3 is 2.33 bits per heavy atom. The summed E-state index contributed by atoms with van der Waals surface area (Å²) in [7, 11) is 4.14. The molecule has 1 aromatic rings. The van der Waals surface area contributed by atoms with Crippen molar-refractivity contribution in [2.24, 2.45) is 51.6 Å². The van der Waals surface area contributed by atoms with Crippen molar-refractivity contribution in [3.63, 3.8) is 0 Å². The van der Waals surface area contributed by atoms with Gasteiger partial charge in [-0.25, -0.2) is 4.79 Å². The van der Waals surface area contributed by atoms with E-state index < -0.39 is 5.97 Å². The van der Waals surface area contributed by atoms with Crippen LogP contribution in [-0.2, 0) is 4.79 Å². The number of hydrogen-bond donors (Lipinski definition) is 4. The van der Waals surface area contributed by atoms with Crippen molar-refractivity contribution in [3.8, 4) is 0 Å². The summed E-state index contributed by atoms with van der Waals surface area (Å²) in [5.41, 5.74) is 9.35. The number of fused-ring (bicyclic) bond motifs is 6. The van der Waals surface area contributed by atoms with E-state index in [1.54, 1.807) is 12.1 Å². The third kappa shape index (κ3) is 4.06. The molecular weight excluding hydrogens is 572 g/mol. The minimum absolute atomic E-state index is 0.00519. The summed E-state index contributed by atoms with van der Waals surface area (Å²) in [6, 6.07) is 7.67. The van der Waals surface area contributed by atoms with Crippen molar-refractivity contribution in [1.29, 1.82) is 0 Å². The summed E-state index contributed by atoms with van der Waals surface area (Å²) >= 11 is 0. The first-order valence-electron chi connectivity index (χ1n) is 18.4. The van der Waals surface area contributed by atoms with Gasteiger partial charge < -0.3 is 26.4 Å². The van der Waals surface area contributed by atoms with E-state index in [4.69, 9.17) is 5.73 Å². The van der Waals surface area contributed by atoms with Crippen molar-refractivity contribution in [1.82, 2.24) is 15.5 Å². The Kier molecular flexibility index (Phi) is 7.45. The highest BCUT2D eigenvalue weighted by molar-refractivity contribution is 5.87. The second-order valence-electron chi connectivity index (χ2n) is 18.1. The van der Waals surface area contributed by atoms with Gasteiger partial charge in [0.15, 0.2) is 0 Å². The second kappa shape index (κ2) is 10.5. The van der Waals surface area contributed by atoms with Crippen molar-refractivity contribution in [3.05, 3.63) is 35.4 Å². The minimum atomic E-state index is -0.866. The maximum Gasteiger partial charge on any atom is 0.335 e. The lowest BCUT2D eigenvalue weighted by molar-refractivity contribution is -0.189. The number of aromatic carboxylic acids is 1. The van der Waals surface area contributed by atoms with E-state index in [-0.39, 0.29) is 32.9 Å². The Morgan fingerprint density at radius 1 is 0.957 bits per heavy atom. The van der Waals surface area contributed by atoms with Gasteiger partial charge >= 0.3 is 5.97 Å². The van der Waals surface area contributed by atoms with Crippen LogP contribution in [0.1, 0.15) is 121 Å². The highest BCUT2D eigenvalue weighted by atomic mass is 16.4. The Morgan fingerprint density at radius 2 is 1.67 bits per heavy atom. The maximum atomic E-state index is 14.2. The van der Waals surface area contributed by atoms with Gasteiger partial charge in [-0.1, -0.05) is 39.8 Å². The number of carboxylic acids is 1. The summed E-state index contributed by atoms with van der Waals surface area (Å²) in [6.45, 7) is 13.9. The number of nitrogens with two attached hydrogens (primary N) is 1. The fraction of sp³-hybridized carbons (Fsp3) is 0.795. The molecule has 0 aromatic heterocycles. The van der Waals surface area contributed by atoms with E-state index in [9.17, 15) is 14.7 Å². The molecule has 7 rings (SSSR count). The predicted octanol–water partition coefficient (Wildman–Crippen LogP) is 6.03. The van der Waals surface area contributed by atoms with Crippen LogP contribution in [0.15, 0.2) is 24.3 Å². The number of carboxylic acid groups (broad SMARTS) is 1. The number of rotatable bonds is 7. The van der Waals surface area contributed by atoms with Crippen LogP contribution >= 0.6 is 0 Å². The van der Waals surface area contributed by atoms with Gasteiger partial charge in [0.2, 0.25) is 5.91 Å². The lowest BCUT2D eigenvalue weighted by atomic mass is 9.34. The van der Waals surface area contributed by atoms with Gasteiger partial charge in [-0.2, -0.15) is 0 Å². The average Bonchev–Trinajstić information content (AvgIpc) is 3.45. The first kappa shape index (κ1) is 32.6. The number of benzene rings is 1. The standard InChI is InChI=1S/C39H60N4O3/c1-24(2)27-14-17-37(33(46)41-22-23-43(6)7)19-20-38(40)29(31(27)37)12-13-30-34(38,3)18-21-39-35(30,4)16-15-28(36(39,5)42-39)25-8-10-26(11-9-25)32(44)45/h8-11,24,27-31,42H,12-23,40H2,1-7H3,(H,41,46)(H,44,45)/t27-,28-,29+,30-,31+,34+,35+,36?,37-,38-,39-/m0/s1. The predicted molar refractivity (Wildman–Crippen MR) is 183 cm³/mol. The van der Waals surface area contributed by atoms with Gasteiger partial charge in [-0.15, -0.1) is 0 Å². The summed E-state index contributed by atoms with van der Waals surface area (Å²) in [4.78, 5) is 27.9. The number of carbonyl (C=O) groups excluding carboxylic acids is 1. The highest BCUT2D eigenvalue weighted by Crippen LogP contribution is 2.78. The van der Waals surface area contributed by atoms with Crippen LogP contribution in [0.2, 0.25) is 0 Å². The first-order chi connectivity index (χ1) is 21.6. The molecule has 1 saturated heterocycles. The summed E-state index contributed by atoms with van der Waals surface area (Å²) in [5.74, 6) is 2.21. The molecule has 1 amide bonds. The SMILES string of the molecule is CC(C)[C@@H]1CC[C@]2(C(=O)NCCN(C)C)CC[C@]3(N)[C@H](CC[C@H]4[C@@]3(C)CC[C@@]35NC3(C)[C@H](c3ccc(C(=O)O)cc3)CC[C@]45C)[C@@H]12. The molecule has 0 radical (unpaired) electrons. The van der Waals surface area contributed by atoms with Crippen LogP contribution in [0.25, 0.3) is 0 Å². The molecule has 6 fully saturated rings. The number of carbonyl (C=O) groups is 2. The third-order valence-electron chi connectivity index (χ3n) is 16.1. The fourth-order valence-electron chi connectivity index (χ4n) is 13.7. The van der Waals surface area contributed by atoms with Crippen LogP contribution < -0.4 is 16.4 Å². The lowest BCUT2D eigenvalue weighted by Gasteiger charge is -2.71. The van der Waals surface area contributed by atoms with E-state index in [1.165, 1.54) is 12.0 Å². The molecule has 7 heteroatoms. The molecule has 1 unspecified atom stereocenters. The first-order valence-corrected chi connectivity index (χ1v) is 18.4. The van der Waals surface area contributed by atoms with Crippen molar-refractivity contribution >= 4 is 11.9 Å². The molecule has 5 aliphatic carbocycles. The quantitative estimate of drug-likeness (QED) is 0.273. The average molecular weight is 633 g/mol. The molecule has 1 spiro atoms. The number of nitrogens with one attached hydrogen (secondary N) is 2. The molecule has 5 N–H and O–H groups in total. The molecular formula is C39H60N4O3. The lowest BCUT2D eigenvalue weighted by Crippen LogP contribution is -2.75. The van der Waals surface area contributed by atoms with Crippen molar-refractivity contribution in [2.45, 2.75) is 121 Å². The van der Waals surface area contributed by atoms with Gasteiger partial charge in [0.05, 0.1) is 11.0 Å². The minimum Gasteiger partial charge on any atom is -0.478 e. The van der Waals surface area contributed by atoms with Gasteiger partial charge in [-0.3, -0.25) is 4.79 Å². The van der Waals surface area contributed by atoms with Crippen molar-refractivity contribution in [2.75, 3.05) is 27.2 Å². The number of hydrogen-bond acceptors (Lipinski definition) is 5. The zero-order chi connectivity index (χ0) is 33.1. The Bertz CT molecular complexity index is 1400. The van der Waals surface area contributed by atoms with Crippen LogP contribution in [0.3, 0.4) is 0 Å². The van der Waals surface area contributed by atoms with Gasteiger partial charge in [-0.05, 0) is 143 Å². The molecule has 6 aliphatic rings. The zero-order valence-electron chi connectivity index (χ0n) is 29.5. The van der Waals surface area contributed by atoms with Gasteiger partial charge in [0.25, 0.3) is 0 Å². The molecule has 1 aromatic carbocycles. The third-order valence-corrected chi connectivity index (χ3v) is 16.1. The summed E-state index contributed by atoms with van der Waals surface area (Å²) in [5, 5.41) is 17.0. The van der Waals surface area contributed by atoms with Crippen molar-refractivity contribution < 1.29 is 14.7 Å². The highest BCUT2D eigenvalue weighted by Gasteiger charge is 2.82. The zero-order valence-corrected chi connectivity index (χ0v) is 29.5. The normalized spacial score (nSPS) is 47.3. The molecule has 11 atom stereocenters. The van der Waals surface area contributed by atoms with Crippen LogP contribution in [0.5, 0.6) is 0 Å². The number of likely N-dealkylation sites (N-methyl/N-ethyl adjacent to an activating group) is 1. The Balaban J connectivity index is 1.19. The molecule has 1 aliphatic heterocycles. The Labute approximate surface area is 277 Å². The van der Waals surface area contributed by atoms with Crippen LogP contribution in [-0.4, -0.2) is 65.7 Å². The Hall–Kier alpha value is -1.96. The monoisotopic (exact) mass is 632 g/mol. The largest absolute Gasteiger partial charge is 0.478 e. The molecule has 1 heterocycles. The van der Waals surface area contributed by atoms with E-state index in [0.29, 0.717) is 53.5 Å².